The Bertz CT molecular complexity index is 701. The van der Waals surface area contributed by atoms with Crippen molar-refractivity contribution < 1.29 is 4.42 Å². The standard InChI is InChI=1S/C14H12Cl2N4O/c15-9-1-2-10(11(16)7-9)13-19-12(8-17)14(21-13)20-5-3-18-4-6-20/h1-2,7,18H,3-6H2. The Morgan fingerprint density at radius 3 is 2.71 bits per heavy atom. The van der Waals surface area contributed by atoms with Crippen LogP contribution < -0.4 is 10.2 Å². The Labute approximate surface area is 132 Å². The van der Waals surface area contributed by atoms with E-state index in [4.69, 9.17) is 27.6 Å². The van der Waals surface area contributed by atoms with E-state index in [9.17, 15) is 5.26 Å². The largest absolute Gasteiger partial charge is 0.419 e. The lowest BCUT2D eigenvalue weighted by molar-refractivity contribution is 0.512. The summed E-state index contributed by atoms with van der Waals surface area (Å²) in [7, 11) is 0. The van der Waals surface area contributed by atoms with Gasteiger partial charge in [-0.2, -0.15) is 10.2 Å². The van der Waals surface area contributed by atoms with Crippen molar-refractivity contribution in [1.82, 2.24) is 10.3 Å². The number of hydrogen-bond acceptors (Lipinski definition) is 5. The van der Waals surface area contributed by atoms with Gasteiger partial charge in [-0.15, -0.1) is 0 Å². The van der Waals surface area contributed by atoms with E-state index in [1.54, 1.807) is 18.2 Å². The molecule has 0 amide bonds. The van der Waals surface area contributed by atoms with Gasteiger partial charge < -0.3 is 14.6 Å². The normalized spacial score (nSPS) is 15.0. The third kappa shape index (κ3) is 2.84. The third-order valence-electron chi connectivity index (χ3n) is 3.28. The second-order valence-electron chi connectivity index (χ2n) is 4.65. The van der Waals surface area contributed by atoms with Gasteiger partial charge >= 0.3 is 0 Å². The molecule has 5 nitrogen and oxygen atoms in total. The predicted octanol–water partition coefficient (Wildman–Crippen LogP) is 2.93. The first-order valence-electron chi connectivity index (χ1n) is 6.51. The van der Waals surface area contributed by atoms with Gasteiger partial charge in [0.2, 0.25) is 17.5 Å². The highest BCUT2D eigenvalue weighted by Gasteiger charge is 2.22. The molecule has 1 aliphatic rings. The summed E-state index contributed by atoms with van der Waals surface area (Å²) < 4.78 is 5.79. The molecular weight excluding hydrogens is 311 g/mol. The lowest BCUT2D eigenvalue weighted by Gasteiger charge is -2.26. The van der Waals surface area contributed by atoms with Crippen LogP contribution in [0.3, 0.4) is 0 Å². The van der Waals surface area contributed by atoms with Gasteiger partial charge in [-0.25, -0.2) is 0 Å². The summed E-state index contributed by atoms with van der Waals surface area (Å²) in [5.41, 5.74) is 0.900. The van der Waals surface area contributed by atoms with Crippen LogP contribution in [0.5, 0.6) is 0 Å². The highest BCUT2D eigenvalue weighted by molar-refractivity contribution is 6.36. The van der Waals surface area contributed by atoms with E-state index in [-0.39, 0.29) is 5.69 Å². The molecule has 0 atom stereocenters. The number of rotatable bonds is 2. The summed E-state index contributed by atoms with van der Waals surface area (Å²) >= 11 is 12.1. The molecule has 1 aromatic carbocycles. The lowest BCUT2D eigenvalue weighted by Crippen LogP contribution is -2.43. The molecule has 108 valence electrons. The molecule has 7 heteroatoms. The van der Waals surface area contributed by atoms with Crippen molar-refractivity contribution in [1.29, 1.82) is 5.26 Å². The highest BCUT2D eigenvalue weighted by Crippen LogP contribution is 2.33. The number of piperazine rings is 1. The molecule has 1 saturated heterocycles. The number of nitrogens with zero attached hydrogens (tertiary/aromatic N) is 3. The summed E-state index contributed by atoms with van der Waals surface area (Å²) in [6.45, 7) is 3.25. The molecule has 1 N–H and O–H groups in total. The fraction of sp³-hybridized carbons (Fsp3) is 0.286. The van der Waals surface area contributed by atoms with E-state index < -0.39 is 0 Å². The van der Waals surface area contributed by atoms with Crippen molar-refractivity contribution in [2.45, 2.75) is 0 Å². The average molecular weight is 323 g/mol. The van der Waals surface area contributed by atoms with Gasteiger partial charge in [0, 0.05) is 31.2 Å². The molecule has 0 saturated carbocycles. The van der Waals surface area contributed by atoms with E-state index >= 15 is 0 Å². The van der Waals surface area contributed by atoms with Crippen molar-refractivity contribution >= 4 is 29.1 Å². The summed E-state index contributed by atoms with van der Waals surface area (Å²) in [6.07, 6.45) is 0. The summed E-state index contributed by atoms with van der Waals surface area (Å²) in [6, 6.07) is 7.15. The van der Waals surface area contributed by atoms with Crippen LogP contribution in [0.4, 0.5) is 5.88 Å². The Kier molecular flexibility index (Phi) is 4.02. The van der Waals surface area contributed by atoms with E-state index in [1.807, 2.05) is 4.90 Å². The minimum Gasteiger partial charge on any atom is -0.419 e. The van der Waals surface area contributed by atoms with E-state index in [1.165, 1.54) is 0 Å². The average Bonchev–Trinajstić information content (AvgIpc) is 2.92. The molecular formula is C14H12Cl2N4O. The van der Waals surface area contributed by atoms with Crippen LogP contribution in [-0.2, 0) is 0 Å². The number of aromatic nitrogens is 1. The van der Waals surface area contributed by atoms with Crippen LogP contribution in [0.25, 0.3) is 11.5 Å². The van der Waals surface area contributed by atoms with Gasteiger partial charge in [-0.05, 0) is 18.2 Å². The molecule has 0 radical (unpaired) electrons. The molecule has 0 bridgehead atoms. The fourth-order valence-corrected chi connectivity index (χ4v) is 2.73. The van der Waals surface area contributed by atoms with Gasteiger partial charge in [0.05, 0.1) is 10.6 Å². The number of anilines is 1. The Morgan fingerprint density at radius 2 is 2.05 bits per heavy atom. The van der Waals surface area contributed by atoms with E-state index in [0.29, 0.717) is 27.4 Å². The number of oxazole rings is 1. The Hall–Kier alpha value is -1.74. The van der Waals surface area contributed by atoms with Crippen molar-refractivity contribution in [3.8, 4) is 17.5 Å². The second-order valence-corrected chi connectivity index (χ2v) is 5.49. The van der Waals surface area contributed by atoms with E-state index in [2.05, 4.69) is 16.4 Å². The molecule has 0 unspecified atom stereocenters. The first kappa shape index (κ1) is 14.2. The van der Waals surface area contributed by atoms with Crippen LogP contribution in [0, 0.1) is 11.3 Å². The van der Waals surface area contributed by atoms with Crippen LogP contribution >= 0.6 is 23.2 Å². The van der Waals surface area contributed by atoms with Gasteiger partial charge in [0.1, 0.15) is 6.07 Å². The fourth-order valence-electron chi connectivity index (χ4n) is 2.25. The Balaban J connectivity index is 2.01. The molecule has 1 fully saturated rings. The monoisotopic (exact) mass is 322 g/mol. The number of nitriles is 1. The van der Waals surface area contributed by atoms with E-state index in [0.717, 1.165) is 26.2 Å². The molecule has 3 rings (SSSR count). The quantitative estimate of drug-likeness (QED) is 0.920. The number of hydrogen-bond donors (Lipinski definition) is 1. The minimum atomic E-state index is 0.276. The first-order chi connectivity index (χ1) is 10.2. The van der Waals surface area contributed by atoms with Crippen molar-refractivity contribution in [3.63, 3.8) is 0 Å². The zero-order chi connectivity index (χ0) is 14.8. The van der Waals surface area contributed by atoms with Crippen molar-refractivity contribution in [2.75, 3.05) is 31.1 Å². The maximum atomic E-state index is 9.25. The maximum absolute atomic E-state index is 9.25. The highest BCUT2D eigenvalue weighted by atomic mass is 35.5. The summed E-state index contributed by atoms with van der Waals surface area (Å²) in [5.74, 6) is 0.835. The molecule has 0 aliphatic carbocycles. The smallest absolute Gasteiger partial charge is 0.235 e. The van der Waals surface area contributed by atoms with Crippen LogP contribution in [0.15, 0.2) is 22.6 Å². The van der Waals surface area contributed by atoms with Crippen molar-refractivity contribution in [2.24, 2.45) is 0 Å². The summed E-state index contributed by atoms with van der Waals surface area (Å²) in [4.78, 5) is 6.26. The topological polar surface area (TPSA) is 65.1 Å². The van der Waals surface area contributed by atoms with Gasteiger partial charge in [-0.3, -0.25) is 0 Å². The SMILES string of the molecule is N#Cc1nc(-c2ccc(Cl)cc2Cl)oc1N1CCNCC1. The number of nitrogens with one attached hydrogen (secondary N) is 1. The van der Waals surface area contributed by atoms with Crippen LogP contribution in [0.2, 0.25) is 10.0 Å². The zero-order valence-corrected chi connectivity index (χ0v) is 12.6. The molecule has 1 aliphatic heterocycles. The van der Waals surface area contributed by atoms with Crippen molar-refractivity contribution in [3.05, 3.63) is 33.9 Å². The Morgan fingerprint density at radius 1 is 1.29 bits per heavy atom. The predicted molar refractivity (Wildman–Crippen MR) is 81.8 cm³/mol. The number of benzene rings is 1. The minimum absolute atomic E-state index is 0.276. The molecule has 0 spiro atoms. The maximum Gasteiger partial charge on any atom is 0.235 e. The number of halogens is 2. The molecule has 1 aromatic heterocycles. The molecule has 21 heavy (non-hydrogen) atoms. The van der Waals surface area contributed by atoms with Gasteiger partial charge in [0.25, 0.3) is 0 Å². The second kappa shape index (κ2) is 5.94. The molecule has 2 heterocycles. The third-order valence-corrected chi connectivity index (χ3v) is 3.83. The first-order valence-corrected chi connectivity index (χ1v) is 7.26. The lowest BCUT2D eigenvalue weighted by atomic mass is 10.2. The zero-order valence-electron chi connectivity index (χ0n) is 11.1. The van der Waals surface area contributed by atoms with Crippen LogP contribution in [0.1, 0.15) is 5.69 Å². The van der Waals surface area contributed by atoms with Gasteiger partial charge in [0.15, 0.2) is 0 Å². The molecule has 2 aromatic rings. The summed E-state index contributed by atoms with van der Waals surface area (Å²) in [5, 5.41) is 13.5. The van der Waals surface area contributed by atoms with Crippen LogP contribution in [-0.4, -0.2) is 31.2 Å². The van der Waals surface area contributed by atoms with Gasteiger partial charge in [-0.1, -0.05) is 23.2 Å².